The van der Waals surface area contributed by atoms with Crippen molar-refractivity contribution < 1.29 is 8.42 Å². The van der Waals surface area contributed by atoms with E-state index in [9.17, 15) is 8.42 Å². The number of nitrogens with one attached hydrogen (secondary N) is 2. The molecule has 118 valence electrons. The van der Waals surface area contributed by atoms with Gasteiger partial charge in [-0.3, -0.25) is 4.72 Å². The zero-order valence-electron chi connectivity index (χ0n) is 12.9. The Balaban J connectivity index is 2.02. The largest absolute Gasteiger partial charge is 0.319 e. The minimum Gasteiger partial charge on any atom is -0.319 e. The first-order valence-electron chi connectivity index (χ1n) is 7.28. The minimum absolute atomic E-state index is 0.393. The van der Waals surface area contributed by atoms with Crippen LogP contribution in [0.4, 0.5) is 5.82 Å². The Kier molecular flexibility index (Phi) is 5.18. The van der Waals surface area contributed by atoms with Crippen LogP contribution in [0.25, 0.3) is 0 Å². The van der Waals surface area contributed by atoms with Gasteiger partial charge in [-0.1, -0.05) is 0 Å². The summed E-state index contributed by atoms with van der Waals surface area (Å²) < 4.78 is 28.9. The van der Waals surface area contributed by atoms with Crippen LogP contribution in [0.3, 0.4) is 0 Å². The summed E-state index contributed by atoms with van der Waals surface area (Å²) in [7, 11) is -1.58. The smallest absolute Gasteiger partial charge is 0.302 e. The summed E-state index contributed by atoms with van der Waals surface area (Å²) in [5, 5.41) is 3.15. The van der Waals surface area contributed by atoms with Gasteiger partial charge in [0.05, 0.1) is 0 Å². The van der Waals surface area contributed by atoms with Gasteiger partial charge in [0.25, 0.3) is 0 Å². The van der Waals surface area contributed by atoms with Gasteiger partial charge in [0.2, 0.25) is 0 Å². The van der Waals surface area contributed by atoms with Crippen LogP contribution >= 0.6 is 0 Å². The van der Waals surface area contributed by atoms with Crippen LogP contribution in [-0.4, -0.2) is 44.4 Å². The summed E-state index contributed by atoms with van der Waals surface area (Å²) in [5.41, 5.74) is 1.80. The predicted octanol–water partition coefficient (Wildman–Crippen LogP) is 1.29. The van der Waals surface area contributed by atoms with E-state index < -0.39 is 10.2 Å². The maximum absolute atomic E-state index is 12.4. The molecule has 2 N–H and O–H groups in total. The van der Waals surface area contributed by atoms with Crippen LogP contribution in [0, 0.1) is 19.8 Å². The van der Waals surface area contributed by atoms with Gasteiger partial charge in [-0.2, -0.15) is 12.7 Å². The molecule has 7 heteroatoms. The molecule has 6 nitrogen and oxygen atoms in total. The summed E-state index contributed by atoms with van der Waals surface area (Å²) >= 11 is 0. The van der Waals surface area contributed by atoms with Crippen LogP contribution < -0.4 is 10.0 Å². The Hall–Kier alpha value is -1.18. The summed E-state index contributed by atoms with van der Waals surface area (Å²) in [5.74, 6) is 0.950. The zero-order valence-corrected chi connectivity index (χ0v) is 13.7. The van der Waals surface area contributed by atoms with Crippen LogP contribution in [0.1, 0.15) is 24.1 Å². The average molecular weight is 312 g/mol. The standard InChI is InChI=1S/C14H24N4O2S/c1-11-8-12(2)16-14(9-11)17-21(19,20)18-6-4-13(5-7-18)10-15-3/h8-9,13,15H,4-7,10H2,1-3H3,(H,16,17). The van der Waals surface area contributed by atoms with Crippen LogP contribution in [-0.2, 0) is 10.2 Å². The number of nitrogens with zero attached hydrogens (tertiary/aromatic N) is 2. The van der Waals surface area contributed by atoms with E-state index in [1.54, 1.807) is 6.07 Å². The Morgan fingerprint density at radius 2 is 1.95 bits per heavy atom. The van der Waals surface area contributed by atoms with E-state index in [0.29, 0.717) is 24.8 Å². The number of pyridine rings is 1. The lowest BCUT2D eigenvalue weighted by molar-refractivity contribution is 0.272. The topological polar surface area (TPSA) is 74.3 Å². The molecule has 0 atom stereocenters. The highest BCUT2D eigenvalue weighted by Gasteiger charge is 2.27. The molecular formula is C14H24N4O2S. The van der Waals surface area contributed by atoms with Crippen molar-refractivity contribution in [2.24, 2.45) is 5.92 Å². The maximum Gasteiger partial charge on any atom is 0.302 e. The molecule has 0 radical (unpaired) electrons. The third kappa shape index (κ3) is 4.39. The molecule has 2 rings (SSSR count). The highest BCUT2D eigenvalue weighted by Crippen LogP contribution is 2.20. The molecule has 0 aromatic carbocycles. The second-order valence-electron chi connectivity index (χ2n) is 5.68. The van der Waals surface area contributed by atoms with E-state index in [0.717, 1.165) is 30.6 Å². The first kappa shape index (κ1) is 16.2. The van der Waals surface area contributed by atoms with E-state index in [2.05, 4.69) is 15.0 Å². The third-order valence-corrected chi connectivity index (χ3v) is 5.25. The van der Waals surface area contributed by atoms with Crippen LogP contribution in [0.15, 0.2) is 12.1 Å². The van der Waals surface area contributed by atoms with Crippen molar-refractivity contribution in [2.45, 2.75) is 26.7 Å². The number of anilines is 1. The van der Waals surface area contributed by atoms with Crippen molar-refractivity contribution in [3.05, 3.63) is 23.4 Å². The second kappa shape index (κ2) is 6.72. The van der Waals surface area contributed by atoms with Crippen molar-refractivity contribution in [1.29, 1.82) is 0 Å². The SMILES string of the molecule is CNCC1CCN(S(=O)(=O)Nc2cc(C)cc(C)n2)CC1. The summed E-state index contributed by atoms with van der Waals surface area (Å²) in [6.07, 6.45) is 1.78. The molecule has 0 saturated carbocycles. The molecule has 0 bridgehead atoms. The van der Waals surface area contributed by atoms with Crippen molar-refractivity contribution in [1.82, 2.24) is 14.6 Å². The quantitative estimate of drug-likeness (QED) is 0.859. The summed E-state index contributed by atoms with van der Waals surface area (Å²) in [6, 6.07) is 3.67. The number of aromatic nitrogens is 1. The molecule has 1 aromatic rings. The molecule has 2 heterocycles. The molecule has 21 heavy (non-hydrogen) atoms. The lowest BCUT2D eigenvalue weighted by Gasteiger charge is -2.31. The van der Waals surface area contributed by atoms with Crippen molar-refractivity contribution in [3.8, 4) is 0 Å². The lowest BCUT2D eigenvalue weighted by atomic mass is 9.98. The number of hydrogen-bond acceptors (Lipinski definition) is 4. The molecule has 1 saturated heterocycles. The molecule has 1 aliphatic heterocycles. The van der Waals surface area contributed by atoms with Gasteiger partial charge in [0.1, 0.15) is 5.82 Å². The van der Waals surface area contributed by atoms with Gasteiger partial charge in [-0.05, 0) is 63.9 Å². The monoisotopic (exact) mass is 312 g/mol. The van der Waals surface area contributed by atoms with Gasteiger partial charge in [-0.25, -0.2) is 4.98 Å². The molecule has 1 fully saturated rings. The highest BCUT2D eigenvalue weighted by atomic mass is 32.2. The zero-order chi connectivity index (χ0) is 15.5. The number of hydrogen-bond donors (Lipinski definition) is 2. The van der Waals surface area contributed by atoms with E-state index in [-0.39, 0.29) is 0 Å². The van der Waals surface area contributed by atoms with E-state index >= 15 is 0 Å². The van der Waals surface area contributed by atoms with Crippen molar-refractivity contribution >= 4 is 16.0 Å². The molecule has 0 amide bonds. The van der Waals surface area contributed by atoms with E-state index in [1.807, 2.05) is 27.0 Å². The molecule has 0 spiro atoms. The Labute approximate surface area is 127 Å². The van der Waals surface area contributed by atoms with Gasteiger partial charge < -0.3 is 5.32 Å². The highest BCUT2D eigenvalue weighted by molar-refractivity contribution is 7.90. The fraction of sp³-hybridized carbons (Fsp3) is 0.643. The van der Waals surface area contributed by atoms with E-state index in [4.69, 9.17) is 0 Å². The average Bonchev–Trinajstić information content (AvgIpc) is 2.38. The number of piperidine rings is 1. The number of aryl methyl sites for hydroxylation is 2. The van der Waals surface area contributed by atoms with Gasteiger partial charge in [0, 0.05) is 18.8 Å². The van der Waals surface area contributed by atoms with E-state index in [1.165, 1.54) is 4.31 Å². The van der Waals surface area contributed by atoms with Crippen LogP contribution in [0.5, 0.6) is 0 Å². The van der Waals surface area contributed by atoms with Crippen LogP contribution in [0.2, 0.25) is 0 Å². The van der Waals surface area contributed by atoms with Gasteiger partial charge in [0.15, 0.2) is 0 Å². The van der Waals surface area contributed by atoms with Gasteiger partial charge >= 0.3 is 10.2 Å². The van der Waals surface area contributed by atoms with Gasteiger partial charge in [-0.15, -0.1) is 0 Å². The summed E-state index contributed by atoms with van der Waals surface area (Å²) in [4.78, 5) is 4.23. The third-order valence-electron chi connectivity index (χ3n) is 3.74. The summed E-state index contributed by atoms with van der Waals surface area (Å²) in [6.45, 7) is 5.85. The first-order valence-corrected chi connectivity index (χ1v) is 8.72. The van der Waals surface area contributed by atoms with Crippen molar-refractivity contribution in [3.63, 3.8) is 0 Å². The Bertz CT molecular complexity index is 560. The fourth-order valence-corrected chi connectivity index (χ4v) is 3.92. The van der Waals surface area contributed by atoms with Crippen molar-refractivity contribution in [2.75, 3.05) is 31.4 Å². The second-order valence-corrected chi connectivity index (χ2v) is 7.35. The maximum atomic E-state index is 12.4. The fourth-order valence-electron chi connectivity index (χ4n) is 2.73. The Morgan fingerprint density at radius 3 is 2.52 bits per heavy atom. The first-order chi connectivity index (χ1) is 9.90. The number of rotatable bonds is 5. The molecule has 1 aliphatic rings. The molecule has 0 unspecified atom stereocenters. The lowest BCUT2D eigenvalue weighted by Crippen LogP contribution is -2.43. The molecule has 1 aromatic heterocycles. The normalized spacial score (nSPS) is 17.9. The predicted molar refractivity (Wildman–Crippen MR) is 84.5 cm³/mol. The molecular weight excluding hydrogens is 288 g/mol. The molecule has 0 aliphatic carbocycles. The Morgan fingerprint density at radius 1 is 1.29 bits per heavy atom. The minimum atomic E-state index is -3.51.